The van der Waals surface area contributed by atoms with E-state index in [9.17, 15) is 13.6 Å². The van der Waals surface area contributed by atoms with Crippen molar-refractivity contribution in [1.82, 2.24) is 9.88 Å². The van der Waals surface area contributed by atoms with E-state index in [4.69, 9.17) is 0 Å². The number of aromatic nitrogens is 1. The fourth-order valence-corrected chi connectivity index (χ4v) is 3.97. The molecule has 3 heterocycles. The van der Waals surface area contributed by atoms with E-state index in [0.717, 1.165) is 43.8 Å². The molecular formula is C19H19F2N3O. The highest BCUT2D eigenvalue weighted by Crippen LogP contribution is 2.42. The first-order chi connectivity index (χ1) is 12.0. The van der Waals surface area contributed by atoms with Crippen molar-refractivity contribution in [3.8, 4) is 0 Å². The minimum Gasteiger partial charge on any atom is -0.312 e. The number of amides is 1. The Morgan fingerprint density at radius 1 is 1.16 bits per heavy atom. The van der Waals surface area contributed by atoms with Gasteiger partial charge in [0.2, 0.25) is 5.91 Å². The highest BCUT2D eigenvalue weighted by molar-refractivity contribution is 5.96. The molecule has 0 bridgehead atoms. The molecule has 2 fully saturated rings. The Hall–Kier alpha value is -2.34. The van der Waals surface area contributed by atoms with Gasteiger partial charge in [-0.25, -0.2) is 8.78 Å². The number of halogens is 2. The minimum atomic E-state index is -0.920. The van der Waals surface area contributed by atoms with Crippen molar-refractivity contribution in [2.75, 3.05) is 24.5 Å². The van der Waals surface area contributed by atoms with Crippen LogP contribution in [-0.2, 0) is 11.3 Å². The molecule has 130 valence electrons. The van der Waals surface area contributed by atoms with Gasteiger partial charge in [-0.15, -0.1) is 0 Å². The highest BCUT2D eigenvalue weighted by Gasteiger charge is 2.47. The third-order valence-corrected chi connectivity index (χ3v) is 5.18. The lowest BCUT2D eigenvalue weighted by atomic mass is 9.86. The van der Waals surface area contributed by atoms with Gasteiger partial charge in [-0.2, -0.15) is 0 Å². The van der Waals surface area contributed by atoms with Crippen molar-refractivity contribution in [3.63, 3.8) is 0 Å². The Kier molecular flexibility index (Phi) is 4.00. The van der Waals surface area contributed by atoms with E-state index >= 15 is 0 Å². The second-order valence-corrected chi connectivity index (χ2v) is 7.08. The second-order valence-electron chi connectivity index (χ2n) is 7.08. The van der Waals surface area contributed by atoms with Crippen LogP contribution in [0.3, 0.4) is 0 Å². The first-order valence-corrected chi connectivity index (χ1v) is 8.41. The molecule has 25 heavy (non-hydrogen) atoms. The topological polar surface area (TPSA) is 36.4 Å². The van der Waals surface area contributed by atoms with Gasteiger partial charge in [0.15, 0.2) is 11.6 Å². The lowest BCUT2D eigenvalue weighted by Crippen LogP contribution is -2.31. The van der Waals surface area contributed by atoms with E-state index in [1.807, 2.05) is 18.3 Å². The lowest BCUT2D eigenvalue weighted by molar-refractivity contribution is -0.117. The van der Waals surface area contributed by atoms with Crippen molar-refractivity contribution in [2.45, 2.75) is 19.4 Å². The predicted molar refractivity (Wildman–Crippen MR) is 89.9 cm³/mol. The highest BCUT2D eigenvalue weighted by atomic mass is 19.2. The molecule has 1 spiro atoms. The molecule has 1 aromatic carbocycles. The van der Waals surface area contributed by atoms with Gasteiger partial charge >= 0.3 is 0 Å². The third-order valence-electron chi connectivity index (χ3n) is 5.18. The second kappa shape index (κ2) is 6.19. The number of carbonyl (C=O) groups is 1. The van der Waals surface area contributed by atoms with Crippen molar-refractivity contribution >= 4 is 11.6 Å². The number of likely N-dealkylation sites (tertiary alicyclic amines) is 1. The Morgan fingerprint density at radius 2 is 2.04 bits per heavy atom. The maximum atomic E-state index is 13.5. The van der Waals surface area contributed by atoms with Crippen molar-refractivity contribution in [2.24, 2.45) is 5.41 Å². The van der Waals surface area contributed by atoms with Crippen LogP contribution >= 0.6 is 0 Å². The number of anilines is 1. The van der Waals surface area contributed by atoms with Gasteiger partial charge < -0.3 is 4.90 Å². The summed E-state index contributed by atoms with van der Waals surface area (Å²) >= 11 is 0. The molecule has 0 unspecified atom stereocenters. The molecule has 2 aromatic rings. The summed E-state index contributed by atoms with van der Waals surface area (Å²) in [7, 11) is 0. The van der Waals surface area contributed by atoms with E-state index in [1.165, 1.54) is 6.07 Å². The summed E-state index contributed by atoms with van der Waals surface area (Å²) in [5.41, 5.74) is 1.48. The first-order valence-electron chi connectivity index (χ1n) is 8.41. The molecule has 2 aliphatic heterocycles. The SMILES string of the molecule is O=C1C[C@]2(CCN(Cc3cccnc3)C2)CN1c1ccc(F)c(F)c1. The van der Waals surface area contributed by atoms with E-state index in [0.29, 0.717) is 18.7 Å². The number of nitrogens with zero attached hydrogens (tertiary/aromatic N) is 3. The van der Waals surface area contributed by atoms with E-state index in [1.54, 1.807) is 11.1 Å². The zero-order chi connectivity index (χ0) is 17.4. The maximum Gasteiger partial charge on any atom is 0.227 e. The van der Waals surface area contributed by atoms with Crippen molar-refractivity contribution in [3.05, 3.63) is 59.9 Å². The monoisotopic (exact) mass is 343 g/mol. The predicted octanol–water partition coefficient (Wildman–Crippen LogP) is 2.99. The number of benzene rings is 1. The van der Waals surface area contributed by atoms with Gasteiger partial charge in [0.25, 0.3) is 0 Å². The molecule has 0 radical (unpaired) electrons. The van der Waals surface area contributed by atoms with E-state index in [-0.39, 0.29) is 11.3 Å². The average molecular weight is 343 g/mol. The molecule has 4 rings (SSSR count). The number of rotatable bonds is 3. The van der Waals surface area contributed by atoms with Gasteiger partial charge in [-0.05, 0) is 36.7 Å². The van der Waals surface area contributed by atoms with Crippen LogP contribution in [0.5, 0.6) is 0 Å². The minimum absolute atomic E-state index is 0.0192. The first kappa shape index (κ1) is 16.1. The van der Waals surface area contributed by atoms with Gasteiger partial charge in [0.05, 0.1) is 0 Å². The van der Waals surface area contributed by atoms with E-state index in [2.05, 4.69) is 9.88 Å². The van der Waals surface area contributed by atoms with Crippen LogP contribution < -0.4 is 4.90 Å². The Morgan fingerprint density at radius 3 is 2.80 bits per heavy atom. The molecule has 0 saturated carbocycles. The standard InChI is InChI=1S/C19H19F2N3O/c20-16-4-3-15(8-17(16)21)24-13-19(9-18(24)25)5-7-23(12-19)11-14-2-1-6-22-10-14/h1-4,6,8,10H,5,7,9,11-13H2/t19-/m0/s1. The Balaban J connectivity index is 1.47. The molecular weight excluding hydrogens is 324 g/mol. The van der Waals surface area contributed by atoms with Gasteiger partial charge in [-0.3, -0.25) is 14.7 Å². The molecule has 4 nitrogen and oxygen atoms in total. The van der Waals surface area contributed by atoms with Crippen LogP contribution in [0.2, 0.25) is 0 Å². The molecule has 2 aliphatic rings. The van der Waals surface area contributed by atoms with Crippen LogP contribution in [0.4, 0.5) is 14.5 Å². The summed E-state index contributed by atoms with van der Waals surface area (Å²) in [6, 6.07) is 7.62. The quantitative estimate of drug-likeness (QED) is 0.860. The van der Waals surface area contributed by atoms with Crippen LogP contribution in [0.1, 0.15) is 18.4 Å². The molecule has 2 saturated heterocycles. The summed E-state index contributed by atoms with van der Waals surface area (Å²) in [5.74, 6) is -1.83. The maximum absolute atomic E-state index is 13.5. The fraction of sp³-hybridized carbons (Fsp3) is 0.368. The summed E-state index contributed by atoms with van der Waals surface area (Å²) in [6.07, 6.45) is 5.00. The Labute approximate surface area is 145 Å². The van der Waals surface area contributed by atoms with E-state index < -0.39 is 11.6 Å². The lowest BCUT2D eigenvalue weighted by Gasteiger charge is -2.24. The smallest absolute Gasteiger partial charge is 0.227 e. The van der Waals surface area contributed by atoms with Crippen LogP contribution in [-0.4, -0.2) is 35.4 Å². The molecule has 0 aliphatic carbocycles. The van der Waals surface area contributed by atoms with Crippen molar-refractivity contribution in [1.29, 1.82) is 0 Å². The number of hydrogen-bond donors (Lipinski definition) is 0. The van der Waals surface area contributed by atoms with Crippen LogP contribution in [0.25, 0.3) is 0 Å². The molecule has 1 amide bonds. The fourth-order valence-electron chi connectivity index (χ4n) is 3.97. The van der Waals surface area contributed by atoms with Gasteiger partial charge in [0, 0.05) is 55.6 Å². The average Bonchev–Trinajstić information content (AvgIpc) is 3.14. The molecule has 0 N–H and O–H groups in total. The molecule has 6 heteroatoms. The normalized spacial score (nSPS) is 23.8. The number of hydrogen-bond acceptors (Lipinski definition) is 3. The summed E-state index contributed by atoms with van der Waals surface area (Å²) in [6.45, 7) is 3.12. The summed E-state index contributed by atoms with van der Waals surface area (Å²) in [5, 5.41) is 0. The van der Waals surface area contributed by atoms with Crippen LogP contribution in [0.15, 0.2) is 42.7 Å². The van der Waals surface area contributed by atoms with Gasteiger partial charge in [0.1, 0.15) is 0 Å². The Bertz CT molecular complexity index is 799. The summed E-state index contributed by atoms with van der Waals surface area (Å²) < 4.78 is 26.7. The zero-order valence-electron chi connectivity index (χ0n) is 13.8. The van der Waals surface area contributed by atoms with Crippen LogP contribution in [0, 0.1) is 17.0 Å². The largest absolute Gasteiger partial charge is 0.312 e. The number of carbonyl (C=O) groups excluding carboxylic acids is 1. The molecule has 1 atom stereocenters. The molecule has 1 aromatic heterocycles. The zero-order valence-corrected chi connectivity index (χ0v) is 13.8. The van der Waals surface area contributed by atoms with Gasteiger partial charge in [-0.1, -0.05) is 6.07 Å². The van der Waals surface area contributed by atoms with Crippen molar-refractivity contribution < 1.29 is 13.6 Å². The third kappa shape index (κ3) is 3.14. The summed E-state index contributed by atoms with van der Waals surface area (Å²) in [4.78, 5) is 20.5. The number of pyridine rings is 1.